The lowest BCUT2D eigenvalue weighted by molar-refractivity contribution is -0.384. The van der Waals surface area contributed by atoms with Gasteiger partial charge in [-0.15, -0.1) is 0 Å². The van der Waals surface area contributed by atoms with Gasteiger partial charge in [-0.05, 0) is 29.9 Å². The lowest BCUT2D eigenvalue weighted by atomic mass is 10.1. The van der Waals surface area contributed by atoms with Crippen LogP contribution in [-0.4, -0.2) is 36.4 Å². The average molecular weight is 291 g/mol. The van der Waals surface area contributed by atoms with Crippen LogP contribution in [0.2, 0.25) is 0 Å². The van der Waals surface area contributed by atoms with Gasteiger partial charge in [-0.2, -0.15) is 0 Å². The summed E-state index contributed by atoms with van der Waals surface area (Å²) in [5.41, 5.74) is 1.06. The number of carbonyl (C=O) groups is 1. The summed E-state index contributed by atoms with van der Waals surface area (Å²) < 4.78 is 0. The van der Waals surface area contributed by atoms with E-state index in [1.54, 1.807) is 26.2 Å². The highest BCUT2D eigenvalue weighted by Crippen LogP contribution is 2.51. The van der Waals surface area contributed by atoms with Crippen LogP contribution < -0.4 is 5.32 Å². The molecule has 1 aliphatic rings. The van der Waals surface area contributed by atoms with Crippen molar-refractivity contribution in [1.82, 2.24) is 4.90 Å². The molecule has 0 aliphatic heterocycles. The van der Waals surface area contributed by atoms with Crippen molar-refractivity contribution in [1.29, 1.82) is 0 Å². The highest BCUT2D eigenvalue weighted by atomic mass is 16.6. The summed E-state index contributed by atoms with van der Waals surface area (Å²) in [6, 6.07) is 4.57. The first-order valence-electron chi connectivity index (χ1n) is 6.96. The fourth-order valence-electron chi connectivity index (χ4n) is 2.38. The number of nitro groups is 1. The van der Waals surface area contributed by atoms with Gasteiger partial charge in [0.1, 0.15) is 5.69 Å². The molecule has 0 spiro atoms. The van der Waals surface area contributed by atoms with E-state index in [9.17, 15) is 14.9 Å². The van der Waals surface area contributed by atoms with Crippen LogP contribution in [0.15, 0.2) is 18.2 Å². The molecule has 1 unspecified atom stereocenters. The van der Waals surface area contributed by atoms with E-state index in [4.69, 9.17) is 0 Å². The fourth-order valence-corrected chi connectivity index (χ4v) is 2.38. The SMILES string of the molecule is CN(C)C(=O)c1ccc(NCC2CC2(C)C)c([N+](=O)[O-])c1. The molecule has 1 fully saturated rings. The Bertz CT molecular complexity index is 582. The molecule has 2 rings (SSSR count). The molecule has 21 heavy (non-hydrogen) atoms. The van der Waals surface area contributed by atoms with Crippen LogP contribution in [0.1, 0.15) is 30.6 Å². The molecule has 0 heterocycles. The largest absolute Gasteiger partial charge is 0.379 e. The molecule has 114 valence electrons. The summed E-state index contributed by atoms with van der Waals surface area (Å²) >= 11 is 0. The Balaban J connectivity index is 2.17. The normalized spacial score (nSPS) is 19.0. The van der Waals surface area contributed by atoms with E-state index >= 15 is 0 Å². The summed E-state index contributed by atoms with van der Waals surface area (Å²) in [6.07, 6.45) is 1.13. The second-order valence-corrected chi connectivity index (χ2v) is 6.46. The minimum absolute atomic E-state index is 0.0545. The Hall–Kier alpha value is -2.11. The number of amides is 1. The van der Waals surface area contributed by atoms with Crippen LogP contribution in [0.25, 0.3) is 0 Å². The van der Waals surface area contributed by atoms with Crippen LogP contribution >= 0.6 is 0 Å². The van der Waals surface area contributed by atoms with Crippen LogP contribution in [0, 0.1) is 21.4 Å². The van der Waals surface area contributed by atoms with Crippen LogP contribution in [0.4, 0.5) is 11.4 Å². The molecule has 1 aliphatic carbocycles. The van der Waals surface area contributed by atoms with Crippen molar-refractivity contribution >= 4 is 17.3 Å². The van der Waals surface area contributed by atoms with Gasteiger partial charge in [0, 0.05) is 32.3 Å². The van der Waals surface area contributed by atoms with Crippen LogP contribution in [-0.2, 0) is 0 Å². The molecule has 1 atom stereocenters. The second-order valence-electron chi connectivity index (χ2n) is 6.46. The minimum Gasteiger partial charge on any atom is -0.379 e. The highest BCUT2D eigenvalue weighted by Gasteiger charge is 2.45. The number of nitrogens with one attached hydrogen (secondary N) is 1. The topological polar surface area (TPSA) is 75.5 Å². The summed E-state index contributed by atoms with van der Waals surface area (Å²) in [7, 11) is 3.24. The summed E-state index contributed by atoms with van der Waals surface area (Å²) in [4.78, 5) is 24.0. The number of nitro benzene ring substituents is 1. The van der Waals surface area contributed by atoms with Crippen LogP contribution in [0.3, 0.4) is 0 Å². The van der Waals surface area contributed by atoms with Crippen molar-refractivity contribution in [3.8, 4) is 0 Å². The summed E-state index contributed by atoms with van der Waals surface area (Å²) in [5.74, 6) is 0.299. The Morgan fingerprint density at radius 3 is 2.57 bits per heavy atom. The number of hydrogen-bond acceptors (Lipinski definition) is 4. The van der Waals surface area contributed by atoms with Crippen molar-refractivity contribution in [3.63, 3.8) is 0 Å². The van der Waals surface area contributed by atoms with Gasteiger partial charge in [0.15, 0.2) is 0 Å². The molecule has 1 aromatic rings. The van der Waals surface area contributed by atoms with E-state index < -0.39 is 4.92 Å². The molecule has 6 nitrogen and oxygen atoms in total. The maximum atomic E-state index is 11.9. The van der Waals surface area contributed by atoms with Gasteiger partial charge in [0.2, 0.25) is 0 Å². The molecular weight excluding hydrogens is 270 g/mol. The quantitative estimate of drug-likeness (QED) is 0.668. The van der Waals surface area contributed by atoms with Crippen molar-refractivity contribution in [2.24, 2.45) is 11.3 Å². The molecule has 0 radical (unpaired) electrons. The van der Waals surface area contributed by atoms with E-state index in [1.807, 2.05) is 0 Å². The summed E-state index contributed by atoms with van der Waals surface area (Å²) in [5, 5.41) is 14.3. The van der Waals surface area contributed by atoms with Gasteiger partial charge in [-0.3, -0.25) is 14.9 Å². The zero-order valence-corrected chi connectivity index (χ0v) is 12.8. The maximum absolute atomic E-state index is 11.9. The molecular formula is C15H21N3O3. The van der Waals surface area contributed by atoms with Gasteiger partial charge >= 0.3 is 0 Å². The maximum Gasteiger partial charge on any atom is 0.293 e. The Labute approximate surface area is 124 Å². The number of carbonyl (C=O) groups excluding carboxylic acids is 1. The van der Waals surface area contributed by atoms with E-state index in [-0.39, 0.29) is 11.6 Å². The lowest BCUT2D eigenvalue weighted by Crippen LogP contribution is -2.21. The van der Waals surface area contributed by atoms with E-state index in [0.717, 1.165) is 13.0 Å². The number of anilines is 1. The third-order valence-corrected chi connectivity index (χ3v) is 4.10. The number of rotatable bonds is 5. The van der Waals surface area contributed by atoms with E-state index in [2.05, 4.69) is 19.2 Å². The van der Waals surface area contributed by atoms with Gasteiger partial charge in [-0.1, -0.05) is 13.8 Å². The predicted octanol–water partition coefficient (Wildman–Crippen LogP) is 2.75. The van der Waals surface area contributed by atoms with Crippen molar-refractivity contribution in [2.45, 2.75) is 20.3 Å². The first-order valence-corrected chi connectivity index (χ1v) is 6.96. The molecule has 1 saturated carbocycles. The first-order chi connectivity index (χ1) is 9.72. The third-order valence-electron chi connectivity index (χ3n) is 4.10. The number of benzene rings is 1. The Morgan fingerprint density at radius 2 is 2.10 bits per heavy atom. The Kier molecular flexibility index (Phi) is 3.89. The number of nitrogens with zero attached hydrogens (tertiary/aromatic N) is 2. The van der Waals surface area contributed by atoms with Crippen molar-refractivity contribution < 1.29 is 9.72 Å². The molecule has 0 bridgehead atoms. The number of hydrogen-bond donors (Lipinski definition) is 1. The fraction of sp³-hybridized carbons (Fsp3) is 0.533. The van der Waals surface area contributed by atoms with Gasteiger partial charge in [-0.25, -0.2) is 0 Å². The Morgan fingerprint density at radius 1 is 1.48 bits per heavy atom. The zero-order chi connectivity index (χ0) is 15.8. The summed E-state index contributed by atoms with van der Waals surface area (Å²) in [6.45, 7) is 5.09. The standard InChI is InChI=1S/C15H21N3O3/c1-15(2)8-11(15)9-16-12-6-5-10(14(19)17(3)4)7-13(12)18(20)21/h5-7,11,16H,8-9H2,1-4H3. The predicted molar refractivity (Wildman–Crippen MR) is 81.5 cm³/mol. The third kappa shape index (κ3) is 3.32. The van der Waals surface area contributed by atoms with Crippen molar-refractivity contribution in [3.05, 3.63) is 33.9 Å². The van der Waals surface area contributed by atoms with Crippen molar-refractivity contribution in [2.75, 3.05) is 26.0 Å². The molecule has 0 saturated heterocycles. The zero-order valence-electron chi connectivity index (χ0n) is 12.8. The molecule has 1 N–H and O–H groups in total. The minimum atomic E-state index is -0.452. The average Bonchev–Trinajstić information content (AvgIpc) is 3.02. The molecule has 1 aromatic carbocycles. The molecule has 1 amide bonds. The molecule has 6 heteroatoms. The van der Waals surface area contributed by atoms with E-state index in [0.29, 0.717) is 22.6 Å². The smallest absolute Gasteiger partial charge is 0.293 e. The van der Waals surface area contributed by atoms with Gasteiger partial charge < -0.3 is 10.2 Å². The van der Waals surface area contributed by atoms with E-state index in [1.165, 1.54) is 11.0 Å². The van der Waals surface area contributed by atoms with Crippen LogP contribution in [0.5, 0.6) is 0 Å². The molecule has 0 aromatic heterocycles. The van der Waals surface area contributed by atoms with Gasteiger partial charge in [0.25, 0.3) is 11.6 Å². The lowest BCUT2D eigenvalue weighted by Gasteiger charge is -2.12. The second kappa shape index (κ2) is 5.35. The monoisotopic (exact) mass is 291 g/mol. The van der Waals surface area contributed by atoms with Gasteiger partial charge in [0.05, 0.1) is 4.92 Å². The first kappa shape index (κ1) is 15.3. The highest BCUT2D eigenvalue weighted by molar-refractivity contribution is 5.95.